The topological polar surface area (TPSA) is 52.7 Å². The SMILES string of the molecule is CC(=O)N1CCN(C(=O)Nc2ccccc2C(F)(F)F)CC1. The Balaban J connectivity index is 2.03. The summed E-state index contributed by atoms with van der Waals surface area (Å²) >= 11 is 0. The lowest BCUT2D eigenvalue weighted by Gasteiger charge is -2.34. The number of carbonyl (C=O) groups excluding carboxylic acids is 2. The number of hydrogen-bond acceptors (Lipinski definition) is 2. The van der Waals surface area contributed by atoms with Gasteiger partial charge >= 0.3 is 12.2 Å². The van der Waals surface area contributed by atoms with Crippen LogP contribution in [0.15, 0.2) is 24.3 Å². The van der Waals surface area contributed by atoms with E-state index in [2.05, 4.69) is 5.32 Å². The van der Waals surface area contributed by atoms with Gasteiger partial charge in [0.2, 0.25) is 5.91 Å². The smallest absolute Gasteiger partial charge is 0.339 e. The summed E-state index contributed by atoms with van der Waals surface area (Å²) in [6.07, 6.45) is -4.53. The molecule has 1 fully saturated rings. The molecule has 0 unspecified atom stereocenters. The van der Waals surface area contributed by atoms with Gasteiger partial charge in [-0.25, -0.2) is 4.79 Å². The van der Waals surface area contributed by atoms with Crippen LogP contribution >= 0.6 is 0 Å². The second-order valence-corrected chi connectivity index (χ2v) is 4.97. The fourth-order valence-corrected chi connectivity index (χ4v) is 2.26. The fourth-order valence-electron chi connectivity index (χ4n) is 2.26. The van der Waals surface area contributed by atoms with Gasteiger partial charge in [-0.1, -0.05) is 12.1 Å². The van der Waals surface area contributed by atoms with Crippen LogP contribution in [0.3, 0.4) is 0 Å². The molecule has 0 saturated carbocycles. The van der Waals surface area contributed by atoms with Gasteiger partial charge in [0.15, 0.2) is 0 Å². The summed E-state index contributed by atoms with van der Waals surface area (Å²) in [5.74, 6) is -0.0810. The van der Waals surface area contributed by atoms with E-state index in [-0.39, 0.29) is 11.6 Å². The van der Waals surface area contributed by atoms with Crippen LogP contribution in [0.1, 0.15) is 12.5 Å². The molecule has 0 bridgehead atoms. The third-order valence-corrected chi connectivity index (χ3v) is 3.49. The van der Waals surface area contributed by atoms with Crippen molar-refractivity contribution in [2.75, 3.05) is 31.5 Å². The van der Waals surface area contributed by atoms with Gasteiger partial charge in [0.05, 0.1) is 11.3 Å². The van der Waals surface area contributed by atoms with E-state index in [1.54, 1.807) is 4.90 Å². The van der Waals surface area contributed by atoms with Crippen molar-refractivity contribution in [3.63, 3.8) is 0 Å². The Morgan fingerprint density at radius 3 is 2.14 bits per heavy atom. The first-order valence-electron chi connectivity index (χ1n) is 6.76. The van der Waals surface area contributed by atoms with Crippen LogP contribution in [0.25, 0.3) is 0 Å². The van der Waals surface area contributed by atoms with Gasteiger partial charge in [-0.15, -0.1) is 0 Å². The highest BCUT2D eigenvalue weighted by Crippen LogP contribution is 2.34. The molecule has 5 nitrogen and oxygen atoms in total. The molecule has 0 spiro atoms. The van der Waals surface area contributed by atoms with Crippen LogP contribution in [0, 0.1) is 0 Å². The molecule has 0 radical (unpaired) electrons. The van der Waals surface area contributed by atoms with Gasteiger partial charge in [-0.2, -0.15) is 13.2 Å². The summed E-state index contributed by atoms with van der Waals surface area (Å²) in [6, 6.07) is 4.23. The van der Waals surface area contributed by atoms with Gasteiger partial charge < -0.3 is 15.1 Å². The summed E-state index contributed by atoms with van der Waals surface area (Å²) in [6.45, 7) is 2.78. The molecular formula is C14H16F3N3O2. The number of urea groups is 1. The normalized spacial score (nSPS) is 15.6. The molecule has 2 rings (SSSR count). The van der Waals surface area contributed by atoms with Crippen LogP contribution in [-0.2, 0) is 11.0 Å². The van der Waals surface area contributed by atoms with Gasteiger partial charge in [-0.05, 0) is 12.1 Å². The monoisotopic (exact) mass is 315 g/mol. The van der Waals surface area contributed by atoms with Crippen LogP contribution in [-0.4, -0.2) is 47.9 Å². The minimum Gasteiger partial charge on any atom is -0.339 e. The molecule has 1 aliphatic heterocycles. The van der Waals surface area contributed by atoms with Gasteiger partial charge in [0, 0.05) is 33.1 Å². The van der Waals surface area contributed by atoms with Crippen molar-refractivity contribution >= 4 is 17.6 Å². The van der Waals surface area contributed by atoms with E-state index in [0.717, 1.165) is 6.07 Å². The predicted molar refractivity (Wildman–Crippen MR) is 74.3 cm³/mol. The van der Waals surface area contributed by atoms with E-state index in [9.17, 15) is 22.8 Å². The maximum Gasteiger partial charge on any atom is 0.418 e. The molecule has 0 atom stereocenters. The van der Waals surface area contributed by atoms with Gasteiger partial charge in [0.1, 0.15) is 0 Å². The maximum atomic E-state index is 12.9. The van der Waals surface area contributed by atoms with E-state index in [1.807, 2.05) is 0 Å². The van der Waals surface area contributed by atoms with Crippen molar-refractivity contribution in [1.82, 2.24) is 9.80 Å². The van der Waals surface area contributed by atoms with E-state index < -0.39 is 17.8 Å². The van der Waals surface area contributed by atoms with Gasteiger partial charge in [-0.3, -0.25) is 4.79 Å². The van der Waals surface area contributed by atoms with E-state index >= 15 is 0 Å². The Labute approximate surface area is 125 Å². The Morgan fingerprint density at radius 1 is 1.05 bits per heavy atom. The van der Waals surface area contributed by atoms with E-state index in [4.69, 9.17) is 0 Å². The first-order valence-corrected chi connectivity index (χ1v) is 6.76. The number of benzene rings is 1. The molecule has 1 N–H and O–H groups in total. The minimum absolute atomic E-state index is 0.0810. The molecule has 1 saturated heterocycles. The highest BCUT2D eigenvalue weighted by Gasteiger charge is 2.34. The van der Waals surface area contributed by atoms with Crippen LogP contribution in [0.4, 0.5) is 23.7 Å². The third kappa shape index (κ3) is 3.69. The van der Waals surface area contributed by atoms with Crippen LogP contribution < -0.4 is 5.32 Å². The first kappa shape index (κ1) is 16.1. The number of anilines is 1. The van der Waals surface area contributed by atoms with Crippen molar-refractivity contribution in [2.45, 2.75) is 13.1 Å². The summed E-state index contributed by atoms with van der Waals surface area (Å²) in [7, 11) is 0. The number of para-hydroxylation sites is 1. The number of alkyl halides is 3. The van der Waals surface area contributed by atoms with Crippen molar-refractivity contribution < 1.29 is 22.8 Å². The summed E-state index contributed by atoms with van der Waals surface area (Å²) in [5, 5.41) is 2.29. The lowest BCUT2D eigenvalue weighted by atomic mass is 10.1. The number of halogens is 3. The molecule has 120 valence electrons. The summed E-state index contributed by atoms with van der Waals surface area (Å²) in [5.41, 5.74) is -1.15. The summed E-state index contributed by atoms with van der Waals surface area (Å²) in [4.78, 5) is 26.3. The quantitative estimate of drug-likeness (QED) is 0.865. The number of piperazine rings is 1. The Kier molecular flexibility index (Phi) is 4.58. The first-order chi connectivity index (χ1) is 10.3. The van der Waals surface area contributed by atoms with Crippen molar-refractivity contribution in [3.05, 3.63) is 29.8 Å². The number of hydrogen-bond donors (Lipinski definition) is 1. The van der Waals surface area contributed by atoms with E-state index in [0.29, 0.717) is 26.2 Å². The predicted octanol–water partition coefficient (Wildman–Crippen LogP) is 2.40. The Hall–Kier alpha value is -2.25. The zero-order valence-corrected chi connectivity index (χ0v) is 12.0. The van der Waals surface area contributed by atoms with Crippen molar-refractivity contribution in [3.8, 4) is 0 Å². The number of amides is 3. The molecule has 0 aromatic heterocycles. The molecule has 1 aromatic carbocycles. The lowest BCUT2D eigenvalue weighted by molar-refractivity contribution is -0.137. The largest absolute Gasteiger partial charge is 0.418 e. The number of nitrogens with zero attached hydrogens (tertiary/aromatic N) is 2. The molecular weight excluding hydrogens is 299 g/mol. The third-order valence-electron chi connectivity index (χ3n) is 3.49. The lowest BCUT2D eigenvalue weighted by Crippen LogP contribution is -2.51. The average Bonchev–Trinajstić information content (AvgIpc) is 2.46. The second kappa shape index (κ2) is 6.25. The van der Waals surface area contributed by atoms with Gasteiger partial charge in [0.25, 0.3) is 0 Å². The highest BCUT2D eigenvalue weighted by molar-refractivity contribution is 5.90. The zero-order chi connectivity index (χ0) is 16.3. The second-order valence-electron chi connectivity index (χ2n) is 4.97. The molecule has 1 aliphatic rings. The molecule has 1 heterocycles. The molecule has 1 aromatic rings. The molecule has 3 amide bonds. The minimum atomic E-state index is -4.53. The Bertz CT molecular complexity index is 567. The van der Waals surface area contributed by atoms with Crippen LogP contribution in [0.5, 0.6) is 0 Å². The Morgan fingerprint density at radius 2 is 1.59 bits per heavy atom. The summed E-state index contributed by atoms with van der Waals surface area (Å²) < 4.78 is 38.6. The number of rotatable bonds is 1. The standard InChI is InChI=1S/C14H16F3N3O2/c1-10(21)19-6-8-20(9-7-19)13(22)18-12-5-3-2-4-11(12)14(15,16)17/h2-5H,6-9H2,1H3,(H,18,22). The van der Waals surface area contributed by atoms with Crippen molar-refractivity contribution in [2.24, 2.45) is 0 Å². The van der Waals surface area contributed by atoms with Crippen molar-refractivity contribution in [1.29, 1.82) is 0 Å². The molecule has 22 heavy (non-hydrogen) atoms. The average molecular weight is 315 g/mol. The fraction of sp³-hybridized carbons (Fsp3) is 0.429. The molecule has 8 heteroatoms. The van der Waals surface area contributed by atoms with Crippen LogP contribution in [0.2, 0.25) is 0 Å². The molecule has 0 aliphatic carbocycles. The zero-order valence-electron chi connectivity index (χ0n) is 12.0. The van der Waals surface area contributed by atoms with E-state index in [1.165, 1.54) is 30.0 Å². The highest BCUT2D eigenvalue weighted by atomic mass is 19.4. The number of nitrogens with one attached hydrogen (secondary N) is 1. The number of carbonyl (C=O) groups is 2. The maximum absolute atomic E-state index is 12.9.